The van der Waals surface area contributed by atoms with Crippen molar-refractivity contribution in [1.29, 1.82) is 0 Å². The lowest BCUT2D eigenvalue weighted by Crippen LogP contribution is -2.22. The van der Waals surface area contributed by atoms with Crippen LogP contribution in [0.25, 0.3) is 0 Å². The fourth-order valence-corrected chi connectivity index (χ4v) is 2.93. The van der Waals surface area contributed by atoms with Crippen LogP contribution in [0.2, 0.25) is 0 Å². The molecule has 0 aliphatic heterocycles. The smallest absolute Gasteiger partial charge is 0.243 e. The lowest BCUT2D eigenvalue weighted by Gasteiger charge is -2.13. The molecule has 33 heavy (non-hydrogen) atoms. The topological polar surface area (TPSA) is 78.1 Å². The van der Waals surface area contributed by atoms with Crippen molar-refractivity contribution < 1.29 is 23.7 Å². The van der Waals surface area contributed by atoms with Crippen LogP contribution in [0.1, 0.15) is 6.92 Å². The van der Waals surface area contributed by atoms with Crippen molar-refractivity contribution in [2.24, 2.45) is 0 Å². The Balaban J connectivity index is 1.38. The van der Waals surface area contributed by atoms with Gasteiger partial charge >= 0.3 is 0 Å². The first kappa shape index (κ1) is 23.9. The van der Waals surface area contributed by atoms with E-state index in [9.17, 15) is 4.79 Å². The van der Waals surface area contributed by atoms with Crippen LogP contribution in [0.15, 0.2) is 78.9 Å². The van der Waals surface area contributed by atoms with Crippen molar-refractivity contribution in [3.8, 4) is 17.2 Å². The largest absolute Gasteiger partial charge is 0.490 e. The Morgan fingerprint density at radius 1 is 0.727 bits per heavy atom. The predicted molar refractivity (Wildman–Crippen MR) is 129 cm³/mol. The molecule has 3 aromatic carbocycles. The second kappa shape index (κ2) is 13.6. The number of hydrogen-bond donors (Lipinski definition) is 2. The molecule has 0 bridgehead atoms. The highest BCUT2D eigenvalue weighted by molar-refractivity contribution is 5.95. The third-order valence-electron chi connectivity index (χ3n) is 4.52. The lowest BCUT2D eigenvalue weighted by molar-refractivity contribution is -0.114. The number of carbonyl (C=O) groups is 1. The third-order valence-corrected chi connectivity index (χ3v) is 4.52. The van der Waals surface area contributed by atoms with E-state index in [1.54, 1.807) is 0 Å². The number of hydrogen-bond acceptors (Lipinski definition) is 6. The van der Waals surface area contributed by atoms with E-state index in [4.69, 9.17) is 18.9 Å². The number of carbonyl (C=O) groups excluding carboxylic acids is 1. The molecule has 0 spiro atoms. The molecule has 1 amide bonds. The molecule has 0 unspecified atom stereocenters. The van der Waals surface area contributed by atoms with Gasteiger partial charge in [0, 0.05) is 12.3 Å². The lowest BCUT2D eigenvalue weighted by atomic mass is 10.3. The molecule has 0 saturated heterocycles. The van der Waals surface area contributed by atoms with Crippen molar-refractivity contribution in [1.82, 2.24) is 0 Å². The molecule has 0 radical (unpaired) electrons. The summed E-state index contributed by atoms with van der Waals surface area (Å²) in [5, 5.41) is 5.98. The Morgan fingerprint density at radius 3 is 2.09 bits per heavy atom. The maximum atomic E-state index is 12.4. The minimum atomic E-state index is -0.172. The second-order valence-corrected chi connectivity index (χ2v) is 6.98. The van der Waals surface area contributed by atoms with Gasteiger partial charge in [0.1, 0.15) is 37.1 Å². The maximum absolute atomic E-state index is 12.4. The summed E-state index contributed by atoms with van der Waals surface area (Å²) >= 11 is 0. The van der Waals surface area contributed by atoms with E-state index in [1.165, 1.54) is 0 Å². The zero-order valence-electron chi connectivity index (χ0n) is 18.8. The van der Waals surface area contributed by atoms with Gasteiger partial charge in [-0.1, -0.05) is 30.3 Å². The van der Waals surface area contributed by atoms with E-state index < -0.39 is 0 Å². The van der Waals surface area contributed by atoms with Gasteiger partial charge in [-0.05, 0) is 55.5 Å². The summed E-state index contributed by atoms with van der Waals surface area (Å²) in [6.45, 7) is 4.52. The molecule has 2 N–H and O–H groups in total. The van der Waals surface area contributed by atoms with Crippen molar-refractivity contribution in [3.05, 3.63) is 78.9 Å². The fraction of sp³-hybridized carbons (Fsp3) is 0.269. The van der Waals surface area contributed by atoms with Crippen LogP contribution in [-0.2, 0) is 9.53 Å². The summed E-state index contributed by atoms with van der Waals surface area (Å²) < 4.78 is 22.3. The molecule has 0 saturated carbocycles. The Bertz CT molecular complexity index is 964. The summed E-state index contributed by atoms with van der Waals surface area (Å²) in [5.74, 6) is 2.00. The molecule has 0 aliphatic carbocycles. The Kier molecular flexibility index (Phi) is 9.90. The van der Waals surface area contributed by atoms with Crippen LogP contribution >= 0.6 is 0 Å². The van der Waals surface area contributed by atoms with E-state index in [0.29, 0.717) is 44.5 Å². The van der Waals surface area contributed by atoms with Crippen LogP contribution in [0.3, 0.4) is 0 Å². The van der Waals surface area contributed by atoms with Gasteiger partial charge in [-0.2, -0.15) is 0 Å². The van der Waals surface area contributed by atoms with E-state index in [2.05, 4.69) is 10.6 Å². The molecular formula is C26H30N2O5. The highest BCUT2D eigenvalue weighted by Gasteiger charge is 2.08. The maximum Gasteiger partial charge on any atom is 0.243 e. The molecule has 0 fully saturated rings. The van der Waals surface area contributed by atoms with Gasteiger partial charge in [0.2, 0.25) is 5.91 Å². The van der Waals surface area contributed by atoms with Crippen molar-refractivity contribution in [3.63, 3.8) is 0 Å². The molecule has 0 atom stereocenters. The molecule has 0 aliphatic rings. The zero-order chi connectivity index (χ0) is 23.1. The Labute approximate surface area is 194 Å². The number of benzene rings is 3. The number of rotatable bonds is 14. The first-order valence-electron chi connectivity index (χ1n) is 11.0. The molecule has 174 valence electrons. The summed E-state index contributed by atoms with van der Waals surface area (Å²) in [7, 11) is 0. The standard InChI is InChI=1S/C26H30N2O5/c1-2-30-16-17-33-25-11-7-6-10-24(25)28-26(29)20-27-21-12-14-23(15-13-21)32-19-18-31-22-8-4-3-5-9-22/h3-15,27H,2,16-20H2,1H3,(H,28,29). The van der Waals surface area contributed by atoms with Crippen molar-refractivity contribution >= 4 is 17.3 Å². The van der Waals surface area contributed by atoms with Crippen molar-refractivity contribution in [2.45, 2.75) is 6.92 Å². The fourth-order valence-electron chi connectivity index (χ4n) is 2.93. The van der Waals surface area contributed by atoms with Gasteiger partial charge in [-0.15, -0.1) is 0 Å². The molecule has 0 aromatic heterocycles. The van der Waals surface area contributed by atoms with Gasteiger partial charge in [0.15, 0.2) is 0 Å². The minimum Gasteiger partial charge on any atom is -0.490 e. The van der Waals surface area contributed by atoms with Crippen LogP contribution in [-0.4, -0.2) is 45.5 Å². The van der Waals surface area contributed by atoms with Crippen LogP contribution in [0.4, 0.5) is 11.4 Å². The Hall–Kier alpha value is -3.71. The average Bonchev–Trinajstić information content (AvgIpc) is 2.85. The van der Waals surface area contributed by atoms with Gasteiger partial charge in [0.25, 0.3) is 0 Å². The van der Waals surface area contributed by atoms with Gasteiger partial charge < -0.3 is 29.6 Å². The van der Waals surface area contributed by atoms with Crippen LogP contribution in [0, 0.1) is 0 Å². The molecule has 7 heteroatoms. The number of anilines is 2. The number of amides is 1. The van der Waals surface area contributed by atoms with E-state index in [1.807, 2.05) is 85.8 Å². The summed E-state index contributed by atoms with van der Waals surface area (Å²) in [5.41, 5.74) is 1.45. The Morgan fingerprint density at radius 2 is 1.36 bits per heavy atom. The summed E-state index contributed by atoms with van der Waals surface area (Å²) in [6, 6.07) is 24.4. The average molecular weight is 451 g/mol. The molecule has 0 heterocycles. The van der Waals surface area contributed by atoms with E-state index >= 15 is 0 Å². The first-order chi connectivity index (χ1) is 16.2. The SMILES string of the molecule is CCOCCOc1ccccc1NC(=O)CNc1ccc(OCCOc2ccccc2)cc1. The minimum absolute atomic E-state index is 0.123. The third kappa shape index (κ3) is 8.74. The van der Waals surface area contributed by atoms with E-state index in [-0.39, 0.29) is 12.5 Å². The normalized spacial score (nSPS) is 10.3. The predicted octanol–water partition coefficient (Wildman–Crippen LogP) is 4.61. The summed E-state index contributed by atoms with van der Waals surface area (Å²) in [6.07, 6.45) is 0. The van der Waals surface area contributed by atoms with Gasteiger partial charge in [-0.25, -0.2) is 0 Å². The van der Waals surface area contributed by atoms with Crippen molar-refractivity contribution in [2.75, 3.05) is 50.2 Å². The second-order valence-electron chi connectivity index (χ2n) is 6.98. The number of para-hydroxylation sites is 3. The van der Waals surface area contributed by atoms with Gasteiger partial charge in [-0.3, -0.25) is 4.79 Å². The van der Waals surface area contributed by atoms with Gasteiger partial charge in [0.05, 0.1) is 18.8 Å². The highest BCUT2D eigenvalue weighted by atomic mass is 16.5. The molecule has 7 nitrogen and oxygen atoms in total. The monoisotopic (exact) mass is 450 g/mol. The van der Waals surface area contributed by atoms with E-state index in [0.717, 1.165) is 17.2 Å². The molecule has 3 aromatic rings. The first-order valence-corrected chi connectivity index (χ1v) is 11.0. The molecule has 3 rings (SSSR count). The summed E-state index contributed by atoms with van der Waals surface area (Å²) in [4.78, 5) is 12.4. The highest BCUT2D eigenvalue weighted by Crippen LogP contribution is 2.23. The quantitative estimate of drug-likeness (QED) is 0.349. The number of ether oxygens (including phenoxy) is 4. The van der Waals surface area contributed by atoms with Crippen LogP contribution in [0.5, 0.6) is 17.2 Å². The zero-order valence-corrected chi connectivity index (χ0v) is 18.8. The van der Waals surface area contributed by atoms with Crippen LogP contribution < -0.4 is 24.8 Å². The number of nitrogens with one attached hydrogen (secondary N) is 2. The molecular weight excluding hydrogens is 420 g/mol.